The smallest absolute Gasteiger partial charge is 0.126 e. The summed E-state index contributed by atoms with van der Waals surface area (Å²) < 4.78 is 0. The highest BCUT2D eigenvalue weighted by atomic mass is 14.9. The Morgan fingerprint density at radius 3 is 2.20 bits per heavy atom. The summed E-state index contributed by atoms with van der Waals surface area (Å²) in [4.78, 5) is 9.80. The quantitative estimate of drug-likeness (QED) is 0.636. The molecular weight excluding hydrogens is 304 g/mol. The van der Waals surface area contributed by atoms with E-state index in [4.69, 9.17) is 9.97 Å². The molecule has 1 aromatic heterocycles. The zero-order chi connectivity index (χ0) is 17.6. The lowest BCUT2D eigenvalue weighted by atomic mass is 9.80. The van der Waals surface area contributed by atoms with Crippen LogP contribution in [0.15, 0.2) is 48.5 Å². The van der Waals surface area contributed by atoms with Gasteiger partial charge in [0.15, 0.2) is 0 Å². The van der Waals surface area contributed by atoms with E-state index in [0.29, 0.717) is 0 Å². The Hall–Kier alpha value is -2.48. The van der Waals surface area contributed by atoms with Gasteiger partial charge in [0.1, 0.15) is 5.82 Å². The fraction of sp³-hybridized carbons (Fsp3) is 0.304. The fourth-order valence-corrected chi connectivity index (χ4v) is 4.26. The van der Waals surface area contributed by atoms with Gasteiger partial charge in [-0.25, -0.2) is 9.97 Å². The van der Waals surface area contributed by atoms with Crippen molar-refractivity contribution in [2.45, 2.75) is 46.0 Å². The summed E-state index contributed by atoms with van der Waals surface area (Å²) in [7, 11) is 0. The number of fused-ring (bicyclic) bond motifs is 1. The van der Waals surface area contributed by atoms with Crippen LogP contribution in [0.25, 0.3) is 11.3 Å². The Bertz CT molecular complexity index is 924. The molecule has 2 heteroatoms. The van der Waals surface area contributed by atoms with Gasteiger partial charge in [-0.2, -0.15) is 0 Å². The molecule has 0 aliphatic heterocycles. The van der Waals surface area contributed by atoms with Crippen molar-refractivity contribution < 1.29 is 0 Å². The molecule has 2 nitrogen and oxygen atoms in total. The number of hydrogen-bond donors (Lipinski definition) is 0. The van der Waals surface area contributed by atoms with Crippen LogP contribution in [0.3, 0.4) is 0 Å². The number of rotatable bonds is 2. The van der Waals surface area contributed by atoms with Crippen LogP contribution in [0, 0.1) is 20.8 Å². The molecule has 0 amide bonds. The van der Waals surface area contributed by atoms with Gasteiger partial charge < -0.3 is 0 Å². The Balaban J connectivity index is 1.97. The van der Waals surface area contributed by atoms with Crippen LogP contribution in [-0.4, -0.2) is 9.97 Å². The molecule has 4 rings (SSSR count). The Morgan fingerprint density at radius 1 is 0.840 bits per heavy atom. The molecular formula is C23H24N2. The second-order valence-electron chi connectivity index (χ2n) is 7.41. The molecule has 2 aromatic carbocycles. The summed E-state index contributed by atoms with van der Waals surface area (Å²) in [5.41, 5.74) is 8.84. The minimum Gasteiger partial charge on any atom is -0.237 e. The van der Waals surface area contributed by atoms with Crippen molar-refractivity contribution in [3.8, 4) is 11.3 Å². The molecule has 1 aliphatic rings. The first-order valence-corrected chi connectivity index (χ1v) is 9.01. The van der Waals surface area contributed by atoms with Crippen molar-refractivity contribution in [2.24, 2.45) is 0 Å². The largest absolute Gasteiger partial charge is 0.237 e. The molecule has 3 aromatic rings. The minimum absolute atomic E-state index is 0.0321. The third-order valence-corrected chi connectivity index (χ3v) is 5.65. The predicted molar refractivity (Wildman–Crippen MR) is 103 cm³/mol. The molecule has 1 unspecified atom stereocenters. The zero-order valence-corrected chi connectivity index (χ0v) is 15.4. The van der Waals surface area contributed by atoms with E-state index in [9.17, 15) is 0 Å². The Morgan fingerprint density at radius 2 is 1.52 bits per heavy atom. The van der Waals surface area contributed by atoms with E-state index >= 15 is 0 Å². The molecule has 0 saturated heterocycles. The molecule has 126 valence electrons. The van der Waals surface area contributed by atoms with E-state index in [0.717, 1.165) is 24.4 Å². The maximum Gasteiger partial charge on any atom is 0.126 e. The van der Waals surface area contributed by atoms with Crippen LogP contribution in [-0.2, 0) is 11.8 Å². The maximum atomic E-state index is 4.92. The van der Waals surface area contributed by atoms with E-state index in [1.54, 1.807) is 0 Å². The van der Waals surface area contributed by atoms with Gasteiger partial charge in [0.25, 0.3) is 0 Å². The van der Waals surface area contributed by atoms with Crippen LogP contribution < -0.4 is 0 Å². The molecule has 1 aliphatic carbocycles. The maximum absolute atomic E-state index is 4.92. The average Bonchev–Trinajstić information content (AvgIpc) is 2.94. The van der Waals surface area contributed by atoms with Crippen LogP contribution in [0.2, 0.25) is 0 Å². The normalized spacial score (nSPS) is 19.0. The highest BCUT2D eigenvalue weighted by Gasteiger charge is 2.39. The van der Waals surface area contributed by atoms with Crippen molar-refractivity contribution in [3.63, 3.8) is 0 Å². The third-order valence-electron chi connectivity index (χ3n) is 5.65. The summed E-state index contributed by atoms with van der Waals surface area (Å²) in [5, 5.41) is 0. The van der Waals surface area contributed by atoms with Gasteiger partial charge in [-0.15, -0.1) is 0 Å². The molecule has 1 atom stereocenters. The molecule has 0 bridgehead atoms. The first-order valence-electron chi connectivity index (χ1n) is 9.01. The topological polar surface area (TPSA) is 25.8 Å². The lowest BCUT2D eigenvalue weighted by Crippen LogP contribution is -2.22. The average molecular weight is 328 g/mol. The SMILES string of the molecule is Cc1nc(-c2c(C)cccc2C)c2c(n1)C(C)(c1ccccc1)CC2. The summed E-state index contributed by atoms with van der Waals surface area (Å²) in [6.45, 7) is 8.70. The van der Waals surface area contributed by atoms with E-state index in [-0.39, 0.29) is 5.41 Å². The number of aromatic nitrogens is 2. The van der Waals surface area contributed by atoms with Gasteiger partial charge in [0, 0.05) is 16.5 Å². The van der Waals surface area contributed by atoms with Gasteiger partial charge in [-0.1, -0.05) is 48.5 Å². The highest BCUT2D eigenvalue weighted by Crippen LogP contribution is 2.46. The molecule has 25 heavy (non-hydrogen) atoms. The van der Waals surface area contributed by atoms with Gasteiger partial charge in [0.05, 0.1) is 11.4 Å². The van der Waals surface area contributed by atoms with Gasteiger partial charge in [-0.3, -0.25) is 0 Å². The Kier molecular flexibility index (Phi) is 3.72. The van der Waals surface area contributed by atoms with Crippen molar-refractivity contribution in [2.75, 3.05) is 0 Å². The minimum atomic E-state index is -0.0321. The van der Waals surface area contributed by atoms with Gasteiger partial charge in [-0.05, 0) is 57.2 Å². The lowest BCUT2D eigenvalue weighted by molar-refractivity contribution is 0.550. The second-order valence-corrected chi connectivity index (χ2v) is 7.41. The Labute approximate surface area is 150 Å². The summed E-state index contributed by atoms with van der Waals surface area (Å²) >= 11 is 0. The van der Waals surface area contributed by atoms with E-state index in [1.165, 1.54) is 33.5 Å². The predicted octanol–water partition coefficient (Wildman–Crippen LogP) is 5.32. The summed E-state index contributed by atoms with van der Waals surface area (Å²) in [5.74, 6) is 0.862. The van der Waals surface area contributed by atoms with Crippen LogP contribution in [0.5, 0.6) is 0 Å². The third kappa shape index (κ3) is 2.48. The molecule has 0 N–H and O–H groups in total. The van der Waals surface area contributed by atoms with Crippen molar-refractivity contribution in [1.29, 1.82) is 0 Å². The standard InChI is InChI=1S/C23H24N2/c1-15-9-8-10-16(2)20(15)21-19-13-14-23(4,18-11-6-5-7-12-18)22(19)25-17(3)24-21/h5-12H,13-14H2,1-4H3. The molecule has 0 spiro atoms. The number of nitrogens with zero attached hydrogens (tertiary/aromatic N) is 2. The van der Waals surface area contributed by atoms with E-state index < -0.39 is 0 Å². The molecule has 1 heterocycles. The van der Waals surface area contributed by atoms with Crippen molar-refractivity contribution >= 4 is 0 Å². The molecule has 0 fully saturated rings. The van der Waals surface area contributed by atoms with Crippen molar-refractivity contribution in [1.82, 2.24) is 9.97 Å². The lowest BCUT2D eigenvalue weighted by Gasteiger charge is -2.25. The van der Waals surface area contributed by atoms with Crippen LogP contribution in [0.1, 0.15) is 47.1 Å². The zero-order valence-electron chi connectivity index (χ0n) is 15.4. The van der Waals surface area contributed by atoms with E-state index in [1.807, 2.05) is 6.92 Å². The van der Waals surface area contributed by atoms with Crippen molar-refractivity contribution in [3.05, 3.63) is 82.3 Å². The first kappa shape index (κ1) is 16.0. The number of hydrogen-bond acceptors (Lipinski definition) is 2. The first-order chi connectivity index (χ1) is 12.0. The van der Waals surface area contributed by atoms with Gasteiger partial charge >= 0.3 is 0 Å². The molecule has 0 radical (unpaired) electrons. The summed E-state index contributed by atoms with van der Waals surface area (Å²) in [6.07, 6.45) is 2.12. The summed E-state index contributed by atoms with van der Waals surface area (Å²) in [6, 6.07) is 17.3. The highest BCUT2D eigenvalue weighted by molar-refractivity contribution is 5.72. The molecule has 0 saturated carbocycles. The van der Waals surface area contributed by atoms with Crippen LogP contribution >= 0.6 is 0 Å². The number of benzene rings is 2. The van der Waals surface area contributed by atoms with Gasteiger partial charge in [0.2, 0.25) is 0 Å². The van der Waals surface area contributed by atoms with Crippen LogP contribution in [0.4, 0.5) is 0 Å². The monoisotopic (exact) mass is 328 g/mol. The fourth-order valence-electron chi connectivity index (χ4n) is 4.26. The number of aryl methyl sites for hydroxylation is 3. The second kappa shape index (κ2) is 5.80. The van der Waals surface area contributed by atoms with E-state index in [2.05, 4.69) is 69.3 Å².